The first-order valence-electron chi connectivity index (χ1n) is 4.82. The molecule has 0 aromatic rings. The summed E-state index contributed by atoms with van der Waals surface area (Å²) >= 11 is 0. The van der Waals surface area contributed by atoms with Gasteiger partial charge in [-0.1, -0.05) is 0 Å². The second kappa shape index (κ2) is 5.65. The number of carbonyl (C=O) groups is 1. The van der Waals surface area contributed by atoms with Crippen LogP contribution >= 0.6 is 0 Å². The average Bonchev–Trinajstić information content (AvgIpc) is 2.70. The van der Waals surface area contributed by atoms with Gasteiger partial charge < -0.3 is 14.8 Å². The highest BCUT2D eigenvalue weighted by Gasteiger charge is 2.20. The topological polar surface area (TPSA) is 47.6 Å². The third kappa shape index (κ3) is 3.38. The molecule has 1 saturated heterocycles. The zero-order chi connectivity index (χ0) is 10.4. The minimum atomic E-state index is -0.340. The van der Waals surface area contributed by atoms with Crippen molar-refractivity contribution in [2.75, 3.05) is 20.3 Å². The van der Waals surface area contributed by atoms with Crippen LogP contribution in [0.2, 0.25) is 0 Å². The van der Waals surface area contributed by atoms with Gasteiger partial charge in [0.1, 0.15) is 0 Å². The molecule has 0 aliphatic carbocycles. The molecule has 0 amide bonds. The Kier molecular flexibility index (Phi) is 4.46. The largest absolute Gasteiger partial charge is 0.466 e. The van der Waals surface area contributed by atoms with Gasteiger partial charge in [0, 0.05) is 30.8 Å². The summed E-state index contributed by atoms with van der Waals surface area (Å²) in [4.78, 5) is 10.7. The van der Waals surface area contributed by atoms with E-state index in [2.05, 4.69) is 17.0 Å². The molecule has 14 heavy (non-hydrogen) atoms. The fourth-order valence-electron chi connectivity index (χ4n) is 1.42. The summed E-state index contributed by atoms with van der Waals surface area (Å²) in [5, 5.41) is 3.13. The maximum absolute atomic E-state index is 10.7. The van der Waals surface area contributed by atoms with Crippen molar-refractivity contribution in [2.45, 2.75) is 19.4 Å². The molecule has 0 radical (unpaired) electrons. The van der Waals surface area contributed by atoms with Crippen molar-refractivity contribution in [1.82, 2.24) is 5.32 Å². The minimum Gasteiger partial charge on any atom is -0.466 e. The molecule has 1 aliphatic heterocycles. The highest BCUT2D eigenvalue weighted by Crippen LogP contribution is 2.15. The molecule has 0 aromatic carbocycles. The Morgan fingerprint density at radius 2 is 2.50 bits per heavy atom. The van der Waals surface area contributed by atoms with E-state index >= 15 is 0 Å². The molecular formula is C10H17NO3. The van der Waals surface area contributed by atoms with Crippen LogP contribution in [0.4, 0.5) is 0 Å². The lowest BCUT2D eigenvalue weighted by molar-refractivity contribution is -0.134. The molecule has 4 nitrogen and oxygen atoms in total. The number of hydrogen-bond donors (Lipinski definition) is 1. The fourth-order valence-corrected chi connectivity index (χ4v) is 1.42. The van der Waals surface area contributed by atoms with Gasteiger partial charge in [0.05, 0.1) is 13.7 Å². The van der Waals surface area contributed by atoms with Crippen LogP contribution in [0, 0.1) is 5.92 Å². The Hall–Kier alpha value is -1.03. The van der Waals surface area contributed by atoms with Gasteiger partial charge >= 0.3 is 5.97 Å². The van der Waals surface area contributed by atoms with Gasteiger partial charge in [0.2, 0.25) is 0 Å². The molecule has 2 unspecified atom stereocenters. The molecule has 1 fully saturated rings. The molecule has 1 N–H and O–H groups in total. The fraction of sp³-hybridized carbons (Fsp3) is 0.700. The van der Waals surface area contributed by atoms with E-state index in [1.807, 2.05) is 0 Å². The smallest absolute Gasteiger partial charge is 0.331 e. The maximum Gasteiger partial charge on any atom is 0.331 e. The van der Waals surface area contributed by atoms with E-state index in [1.165, 1.54) is 13.2 Å². The number of rotatable bonds is 4. The standard InChI is InChI=1S/C10H17NO3/c1-8(9-4-6-14-7-9)11-5-3-10(12)13-2/h3,5,8-9,11H,4,6-7H2,1-2H3/b5-3+. The van der Waals surface area contributed by atoms with Crippen molar-refractivity contribution in [3.05, 3.63) is 12.3 Å². The number of carbonyl (C=O) groups excluding carboxylic acids is 1. The average molecular weight is 199 g/mol. The van der Waals surface area contributed by atoms with Crippen LogP contribution in [0.5, 0.6) is 0 Å². The highest BCUT2D eigenvalue weighted by molar-refractivity contribution is 5.81. The van der Waals surface area contributed by atoms with Gasteiger partial charge in [-0.2, -0.15) is 0 Å². The number of methoxy groups -OCH3 is 1. The maximum atomic E-state index is 10.7. The summed E-state index contributed by atoms with van der Waals surface area (Å²) in [7, 11) is 1.36. The SMILES string of the molecule is COC(=O)/C=C/NC(C)C1CCOC1. The quantitative estimate of drug-likeness (QED) is 0.534. The van der Waals surface area contributed by atoms with Gasteiger partial charge in [-0.05, 0) is 13.3 Å². The van der Waals surface area contributed by atoms with Gasteiger partial charge in [-0.25, -0.2) is 4.79 Å². The molecule has 1 heterocycles. The molecule has 4 heteroatoms. The van der Waals surface area contributed by atoms with Gasteiger partial charge in [-0.3, -0.25) is 0 Å². The Balaban J connectivity index is 2.22. The summed E-state index contributed by atoms with van der Waals surface area (Å²) in [6.45, 7) is 3.73. The first-order valence-corrected chi connectivity index (χ1v) is 4.82. The number of nitrogens with one attached hydrogen (secondary N) is 1. The molecule has 0 aromatic heterocycles. The Bertz CT molecular complexity index is 209. The minimum absolute atomic E-state index is 0.332. The molecule has 0 saturated carbocycles. The lowest BCUT2D eigenvalue weighted by Crippen LogP contribution is -2.30. The second-order valence-electron chi connectivity index (χ2n) is 3.44. The zero-order valence-corrected chi connectivity index (χ0v) is 8.66. The van der Waals surface area contributed by atoms with E-state index in [-0.39, 0.29) is 5.97 Å². The van der Waals surface area contributed by atoms with Crippen molar-refractivity contribution < 1.29 is 14.3 Å². The van der Waals surface area contributed by atoms with E-state index in [9.17, 15) is 4.79 Å². The van der Waals surface area contributed by atoms with Crippen LogP contribution in [0.3, 0.4) is 0 Å². The first kappa shape index (κ1) is 11.0. The van der Waals surface area contributed by atoms with Crippen molar-refractivity contribution >= 4 is 5.97 Å². The summed E-state index contributed by atoms with van der Waals surface area (Å²) in [6.07, 6.45) is 4.10. The van der Waals surface area contributed by atoms with E-state index in [1.54, 1.807) is 6.20 Å². The summed E-state index contributed by atoms with van der Waals surface area (Å²) in [6, 6.07) is 0.332. The number of esters is 1. The van der Waals surface area contributed by atoms with Crippen LogP contribution in [-0.4, -0.2) is 32.3 Å². The molecule has 1 aliphatic rings. The van der Waals surface area contributed by atoms with E-state index in [0.717, 1.165) is 19.6 Å². The van der Waals surface area contributed by atoms with Crippen LogP contribution in [0.25, 0.3) is 0 Å². The highest BCUT2D eigenvalue weighted by atomic mass is 16.5. The monoisotopic (exact) mass is 199 g/mol. The lowest BCUT2D eigenvalue weighted by atomic mass is 10.0. The Morgan fingerprint density at radius 3 is 3.07 bits per heavy atom. The molecule has 0 spiro atoms. The molecule has 1 rings (SSSR count). The second-order valence-corrected chi connectivity index (χ2v) is 3.44. The third-order valence-electron chi connectivity index (χ3n) is 2.45. The Morgan fingerprint density at radius 1 is 1.71 bits per heavy atom. The van der Waals surface area contributed by atoms with E-state index < -0.39 is 0 Å². The molecule has 2 atom stereocenters. The number of ether oxygens (including phenoxy) is 2. The Labute approximate surface area is 84.3 Å². The van der Waals surface area contributed by atoms with Crippen LogP contribution in [0.1, 0.15) is 13.3 Å². The molecule has 0 bridgehead atoms. The van der Waals surface area contributed by atoms with E-state index in [0.29, 0.717) is 12.0 Å². The molecule has 80 valence electrons. The zero-order valence-electron chi connectivity index (χ0n) is 8.66. The van der Waals surface area contributed by atoms with Gasteiger partial charge in [0.25, 0.3) is 0 Å². The summed E-state index contributed by atoms with van der Waals surface area (Å²) < 4.78 is 9.74. The van der Waals surface area contributed by atoms with Crippen LogP contribution in [-0.2, 0) is 14.3 Å². The predicted octanol–water partition coefficient (Wildman–Crippen LogP) is 0.688. The van der Waals surface area contributed by atoms with Gasteiger partial charge in [0.15, 0.2) is 0 Å². The normalized spacial score (nSPS) is 23.7. The van der Waals surface area contributed by atoms with Crippen molar-refractivity contribution in [3.63, 3.8) is 0 Å². The van der Waals surface area contributed by atoms with Crippen molar-refractivity contribution in [2.24, 2.45) is 5.92 Å². The lowest BCUT2D eigenvalue weighted by Gasteiger charge is -2.17. The van der Waals surface area contributed by atoms with Crippen LogP contribution in [0.15, 0.2) is 12.3 Å². The third-order valence-corrected chi connectivity index (χ3v) is 2.45. The summed E-state index contributed by atoms with van der Waals surface area (Å²) in [5.41, 5.74) is 0. The number of hydrogen-bond acceptors (Lipinski definition) is 4. The van der Waals surface area contributed by atoms with Crippen LogP contribution < -0.4 is 5.32 Å². The van der Waals surface area contributed by atoms with E-state index in [4.69, 9.17) is 4.74 Å². The van der Waals surface area contributed by atoms with Crippen molar-refractivity contribution in [3.8, 4) is 0 Å². The predicted molar refractivity (Wildman–Crippen MR) is 52.7 cm³/mol. The molecular weight excluding hydrogens is 182 g/mol. The first-order chi connectivity index (χ1) is 6.74. The van der Waals surface area contributed by atoms with Crippen molar-refractivity contribution in [1.29, 1.82) is 0 Å². The summed E-state index contributed by atoms with van der Waals surface area (Å²) in [5.74, 6) is 0.199. The van der Waals surface area contributed by atoms with Gasteiger partial charge in [-0.15, -0.1) is 0 Å².